The van der Waals surface area contributed by atoms with Crippen LogP contribution in [0.25, 0.3) is 0 Å². The molecule has 0 unspecified atom stereocenters. The molecule has 0 atom stereocenters. The van der Waals surface area contributed by atoms with E-state index in [2.05, 4.69) is 16.9 Å². The van der Waals surface area contributed by atoms with Crippen molar-refractivity contribution in [1.29, 1.82) is 0 Å². The lowest BCUT2D eigenvalue weighted by Crippen LogP contribution is -2.22. The summed E-state index contributed by atoms with van der Waals surface area (Å²) in [5.41, 5.74) is 3.53. The summed E-state index contributed by atoms with van der Waals surface area (Å²) in [6, 6.07) is 4.03. The van der Waals surface area contributed by atoms with Gasteiger partial charge in [-0.15, -0.1) is 11.3 Å². The molecule has 0 aromatic carbocycles. The first-order valence-corrected chi connectivity index (χ1v) is 9.10. The smallest absolute Gasteiger partial charge is 0.220 e. The van der Waals surface area contributed by atoms with Crippen molar-refractivity contribution in [1.82, 2.24) is 15.1 Å². The number of hydrogen-bond acceptors (Lipinski definition) is 4. The lowest BCUT2D eigenvalue weighted by molar-refractivity contribution is -0.121. The Balaban J connectivity index is 1.58. The number of carbonyl (C=O) groups is 1. The van der Waals surface area contributed by atoms with Gasteiger partial charge in [0, 0.05) is 41.9 Å². The molecule has 1 amide bonds. The summed E-state index contributed by atoms with van der Waals surface area (Å²) in [5, 5.41) is 9.72. The zero-order valence-electron chi connectivity index (χ0n) is 13.5. The molecule has 2 aromatic rings. The van der Waals surface area contributed by atoms with Gasteiger partial charge in [0.25, 0.3) is 0 Å². The van der Waals surface area contributed by atoms with Crippen molar-refractivity contribution >= 4 is 17.2 Å². The van der Waals surface area contributed by atoms with Crippen LogP contribution in [0.4, 0.5) is 0 Å². The lowest BCUT2D eigenvalue weighted by atomic mass is 10.1. The van der Waals surface area contributed by atoms with Crippen molar-refractivity contribution in [2.75, 3.05) is 6.61 Å². The molecule has 1 N–H and O–H groups in total. The van der Waals surface area contributed by atoms with Crippen molar-refractivity contribution in [2.24, 2.45) is 0 Å². The summed E-state index contributed by atoms with van der Waals surface area (Å²) in [5.74, 6) is 0.0777. The fraction of sp³-hybridized carbons (Fsp3) is 0.529. The predicted octanol–water partition coefficient (Wildman–Crippen LogP) is 2.68. The Morgan fingerprint density at radius 3 is 3.22 bits per heavy atom. The van der Waals surface area contributed by atoms with E-state index >= 15 is 0 Å². The number of nitrogens with zero attached hydrogens (tertiary/aromatic N) is 2. The SMILES string of the molecule is CCCn1nc(CCC(=O)NCc2cccs2)c2c1CCOC2. The van der Waals surface area contributed by atoms with Crippen LogP contribution in [-0.4, -0.2) is 22.3 Å². The fourth-order valence-electron chi connectivity index (χ4n) is 2.90. The Kier molecular flexibility index (Phi) is 5.46. The molecule has 0 saturated carbocycles. The maximum atomic E-state index is 12.0. The van der Waals surface area contributed by atoms with Gasteiger partial charge >= 0.3 is 0 Å². The van der Waals surface area contributed by atoms with Crippen LogP contribution in [0.1, 0.15) is 41.6 Å². The van der Waals surface area contributed by atoms with Crippen LogP contribution in [0.3, 0.4) is 0 Å². The molecule has 124 valence electrons. The van der Waals surface area contributed by atoms with E-state index in [0.29, 0.717) is 26.0 Å². The molecule has 1 aliphatic heterocycles. The monoisotopic (exact) mass is 333 g/mol. The maximum absolute atomic E-state index is 12.0. The minimum atomic E-state index is 0.0777. The van der Waals surface area contributed by atoms with Gasteiger partial charge in [-0.05, 0) is 17.9 Å². The Morgan fingerprint density at radius 1 is 1.52 bits per heavy atom. The first-order chi connectivity index (χ1) is 11.3. The van der Waals surface area contributed by atoms with Gasteiger partial charge in [-0.3, -0.25) is 9.48 Å². The third-order valence-corrected chi connectivity index (χ3v) is 4.92. The Bertz CT molecular complexity index is 649. The van der Waals surface area contributed by atoms with Gasteiger partial charge in [0.15, 0.2) is 0 Å². The molecular weight excluding hydrogens is 310 g/mol. The number of aryl methyl sites for hydroxylation is 2. The van der Waals surface area contributed by atoms with E-state index in [4.69, 9.17) is 9.84 Å². The summed E-state index contributed by atoms with van der Waals surface area (Å²) in [4.78, 5) is 13.2. The van der Waals surface area contributed by atoms with Crippen molar-refractivity contribution in [3.63, 3.8) is 0 Å². The maximum Gasteiger partial charge on any atom is 0.220 e. The highest BCUT2D eigenvalue weighted by Gasteiger charge is 2.21. The third-order valence-electron chi connectivity index (χ3n) is 4.04. The highest BCUT2D eigenvalue weighted by molar-refractivity contribution is 7.09. The van der Waals surface area contributed by atoms with Gasteiger partial charge in [0.05, 0.1) is 25.5 Å². The Morgan fingerprint density at radius 2 is 2.43 bits per heavy atom. The summed E-state index contributed by atoms with van der Waals surface area (Å²) >= 11 is 1.66. The average molecular weight is 333 g/mol. The number of hydrogen-bond donors (Lipinski definition) is 1. The number of aromatic nitrogens is 2. The molecule has 0 spiro atoms. The van der Waals surface area contributed by atoms with Gasteiger partial charge in [-0.2, -0.15) is 5.10 Å². The second-order valence-corrected chi connectivity index (χ2v) is 6.79. The van der Waals surface area contributed by atoms with Crippen LogP contribution in [0, 0.1) is 0 Å². The summed E-state index contributed by atoms with van der Waals surface area (Å²) < 4.78 is 7.69. The van der Waals surface area contributed by atoms with Crippen molar-refractivity contribution in [2.45, 2.75) is 52.3 Å². The predicted molar refractivity (Wildman–Crippen MR) is 90.4 cm³/mol. The first-order valence-electron chi connectivity index (χ1n) is 8.22. The normalized spacial score (nSPS) is 13.8. The topological polar surface area (TPSA) is 56.2 Å². The van der Waals surface area contributed by atoms with Gasteiger partial charge < -0.3 is 10.1 Å². The Hall–Kier alpha value is -1.66. The molecule has 23 heavy (non-hydrogen) atoms. The van der Waals surface area contributed by atoms with E-state index in [9.17, 15) is 4.79 Å². The number of fused-ring (bicyclic) bond motifs is 1. The van der Waals surface area contributed by atoms with E-state index < -0.39 is 0 Å². The standard InChI is InChI=1S/C17H23N3O2S/c1-2-8-20-16-7-9-22-12-14(16)15(19-20)5-6-17(21)18-11-13-4-3-10-23-13/h3-4,10H,2,5-9,11-12H2,1H3,(H,18,21). The van der Waals surface area contributed by atoms with E-state index in [1.807, 2.05) is 17.5 Å². The summed E-state index contributed by atoms with van der Waals surface area (Å²) in [7, 11) is 0. The Labute approximate surface area is 140 Å². The largest absolute Gasteiger partial charge is 0.376 e. The number of rotatable bonds is 7. The molecular formula is C17H23N3O2S. The zero-order chi connectivity index (χ0) is 16.1. The summed E-state index contributed by atoms with van der Waals surface area (Å²) in [6.45, 7) is 5.11. The van der Waals surface area contributed by atoms with Crippen LogP contribution >= 0.6 is 11.3 Å². The van der Waals surface area contributed by atoms with E-state index in [-0.39, 0.29) is 5.91 Å². The molecule has 5 nitrogen and oxygen atoms in total. The van der Waals surface area contributed by atoms with Gasteiger partial charge in [0.2, 0.25) is 5.91 Å². The fourth-order valence-corrected chi connectivity index (χ4v) is 3.54. The van der Waals surface area contributed by atoms with Crippen molar-refractivity contribution < 1.29 is 9.53 Å². The number of amides is 1. The molecule has 0 radical (unpaired) electrons. The number of thiophene rings is 1. The van der Waals surface area contributed by atoms with Gasteiger partial charge in [-0.25, -0.2) is 0 Å². The molecule has 0 bridgehead atoms. The quantitative estimate of drug-likeness (QED) is 0.847. The number of ether oxygens (including phenoxy) is 1. The average Bonchev–Trinajstić information content (AvgIpc) is 3.20. The van der Waals surface area contributed by atoms with Crippen LogP contribution in [0.2, 0.25) is 0 Å². The van der Waals surface area contributed by atoms with Crippen LogP contribution in [0.5, 0.6) is 0 Å². The lowest BCUT2D eigenvalue weighted by Gasteiger charge is -2.14. The molecule has 3 rings (SSSR count). The van der Waals surface area contributed by atoms with Gasteiger partial charge in [-0.1, -0.05) is 13.0 Å². The zero-order valence-corrected chi connectivity index (χ0v) is 14.3. The molecule has 6 heteroatoms. The minimum Gasteiger partial charge on any atom is -0.376 e. The van der Waals surface area contributed by atoms with Crippen molar-refractivity contribution in [3.05, 3.63) is 39.3 Å². The molecule has 1 aliphatic rings. The second kappa shape index (κ2) is 7.75. The molecule has 2 aromatic heterocycles. The highest BCUT2D eigenvalue weighted by atomic mass is 32.1. The summed E-state index contributed by atoms with van der Waals surface area (Å²) in [6.07, 6.45) is 3.14. The highest BCUT2D eigenvalue weighted by Crippen LogP contribution is 2.22. The number of nitrogens with one attached hydrogen (secondary N) is 1. The first kappa shape index (κ1) is 16.2. The van der Waals surface area contributed by atoms with Crippen LogP contribution in [-0.2, 0) is 42.1 Å². The molecule has 0 aliphatic carbocycles. The molecule has 0 fully saturated rings. The van der Waals surface area contributed by atoms with Crippen LogP contribution in [0.15, 0.2) is 17.5 Å². The van der Waals surface area contributed by atoms with E-state index in [0.717, 1.165) is 31.7 Å². The van der Waals surface area contributed by atoms with E-state index in [1.165, 1.54) is 16.1 Å². The van der Waals surface area contributed by atoms with Crippen molar-refractivity contribution in [3.8, 4) is 0 Å². The third kappa shape index (κ3) is 4.00. The van der Waals surface area contributed by atoms with Crippen LogP contribution < -0.4 is 5.32 Å². The molecule has 0 saturated heterocycles. The number of carbonyl (C=O) groups excluding carboxylic acids is 1. The second-order valence-electron chi connectivity index (χ2n) is 5.75. The minimum absolute atomic E-state index is 0.0777. The molecule has 3 heterocycles. The van der Waals surface area contributed by atoms with E-state index in [1.54, 1.807) is 11.3 Å². The van der Waals surface area contributed by atoms with Gasteiger partial charge in [0.1, 0.15) is 0 Å².